The third-order valence-corrected chi connectivity index (χ3v) is 5.31. The van der Waals surface area contributed by atoms with Crippen LogP contribution in [0.15, 0.2) is 0 Å². The van der Waals surface area contributed by atoms with E-state index in [1.165, 1.54) is 62.9 Å². The van der Waals surface area contributed by atoms with Crippen molar-refractivity contribution in [2.45, 2.75) is 51.4 Å². The molecule has 2 nitrogen and oxygen atoms in total. The summed E-state index contributed by atoms with van der Waals surface area (Å²) in [4.78, 5) is 0. The Morgan fingerprint density at radius 3 is 1.33 bits per heavy atom. The third kappa shape index (κ3) is 16.6. The Morgan fingerprint density at radius 1 is 0.556 bits per heavy atom. The van der Waals surface area contributed by atoms with Crippen LogP contribution < -0.4 is 0 Å². The lowest BCUT2D eigenvalue weighted by atomic mass is 10.2. The van der Waals surface area contributed by atoms with Crippen molar-refractivity contribution in [1.29, 1.82) is 0 Å². The van der Waals surface area contributed by atoms with E-state index in [-0.39, 0.29) is 0 Å². The molecule has 0 unspecified atom stereocenters. The normalized spacial score (nSPS) is 11.0. The van der Waals surface area contributed by atoms with Crippen LogP contribution in [0.2, 0.25) is 0 Å². The molecule has 0 aliphatic carbocycles. The van der Waals surface area contributed by atoms with Crippen LogP contribution in [0, 0.1) is 0 Å². The van der Waals surface area contributed by atoms with Gasteiger partial charge in [0, 0.05) is 38.9 Å². The molecule has 0 aromatic rings. The highest BCUT2D eigenvalue weighted by Gasteiger charge is 1.94. The second-order valence-corrected chi connectivity index (χ2v) is 7.16. The van der Waals surface area contributed by atoms with Gasteiger partial charge in [0.15, 0.2) is 0 Å². The van der Waals surface area contributed by atoms with Gasteiger partial charge in [0.2, 0.25) is 0 Å². The molecular formula is C14H30O2S2. The maximum atomic E-state index is 5.03. The molecule has 0 aliphatic rings. The molecule has 110 valence electrons. The zero-order valence-corrected chi connectivity index (χ0v) is 13.8. The lowest BCUT2D eigenvalue weighted by molar-refractivity contribution is 0.192. The van der Waals surface area contributed by atoms with Crippen molar-refractivity contribution in [3.8, 4) is 0 Å². The summed E-state index contributed by atoms with van der Waals surface area (Å²) in [7, 11) is 7.65. The van der Waals surface area contributed by atoms with E-state index in [1.54, 1.807) is 14.2 Å². The molecule has 0 aliphatic heterocycles. The van der Waals surface area contributed by atoms with Gasteiger partial charge in [0.1, 0.15) is 0 Å². The molecule has 0 saturated carbocycles. The Morgan fingerprint density at radius 2 is 0.944 bits per heavy atom. The highest BCUT2D eigenvalue weighted by Crippen LogP contribution is 2.24. The number of hydrogen-bond acceptors (Lipinski definition) is 4. The van der Waals surface area contributed by atoms with Crippen molar-refractivity contribution < 1.29 is 9.47 Å². The molecule has 0 bridgehead atoms. The molecule has 0 spiro atoms. The number of methoxy groups -OCH3 is 2. The molecule has 0 atom stereocenters. The summed E-state index contributed by atoms with van der Waals surface area (Å²) in [6, 6.07) is 0. The largest absolute Gasteiger partial charge is 0.385 e. The fourth-order valence-corrected chi connectivity index (χ4v) is 3.93. The van der Waals surface area contributed by atoms with Gasteiger partial charge in [-0.15, -0.1) is 0 Å². The van der Waals surface area contributed by atoms with Gasteiger partial charge in [0.05, 0.1) is 0 Å². The Bertz CT molecular complexity index is 130. The van der Waals surface area contributed by atoms with Gasteiger partial charge in [-0.3, -0.25) is 0 Å². The van der Waals surface area contributed by atoms with E-state index in [1.807, 2.05) is 21.6 Å². The molecule has 0 amide bonds. The lowest BCUT2D eigenvalue weighted by Crippen LogP contribution is -1.89. The van der Waals surface area contributed by atoms with Gasteiger partial charge in [0.25, 0.3) is 0 Å². The summed E-state index contributed by atoms with van der Waals surface area (Å²) in [6.45, 7) is 1.84. The quantitative estimate of drug-likeness (QED) is 0.319. The van der Waals surface area contributed by atoms with Crippen LogP contribution in [0.3, 0.4) is 0 Å². The summed E-state index contributed by atoms with van der Waals surface area (Å²) in [6.07, 6.45) is 10.5. The van der Waals surface area contributed by atoms with E-state index < -0.39 is 0 Å². The van der Waals surface area contributed by atoms with Crippen LogP contribution in [-0.4, -0.2) is 38.9 Å². The topological polar surface area (TPSA) is 18.5 Å². The van der Waals surface area contributed by atoms with Gasteiger partial charge >= 0.3 is 0 Å². The Kier molecular flexibility index (Phi) is 18.2. The molecule has 0 radical (unpaired) electrons. The summed E-state index contributed by atoms with van der Waals surface area (Å²) >= 11 is 0. The average molecular weight is 295 g/mol. The van der Waals surface area contributed by atoms with Crippen molar-refractivity contribution in [2.24, 2.45) is 0 Å². The molecule has 18 heavy (non-hydrogen) atoms. The maximum Gasteiger partial charge on any atom is 0.0462 e. The van der Waals surface area contributed by atoms with Gasteiger partial charge in [-0.05, 0) is 25.7 Å². The van der Waals surface area contributed by atoms with E-state index in [9.17, 15) is 0 Å². The first-order valence-electron chi connectivity index (χ1n) is 7.14. The SMILES string of the molecule is COCCCCCCSSCCCCCCOC. The summed E-state index contributed by atoms with van der Waals surface area (Å²) in [5, 5.41) is 0. The standard InChI is InChI=1S/C14H30O2S2/c1-15-11-7-3-5-9-13-17-18-14-10-6-4-8-12-16-2/h3-14H2,1-2H3. The van der Waals surface area contributed by atoms with E-state index in [0.29, 0.717) is 0 Å². The molecule has 0 saturated heterocycles. The number of ether oxygens (including phenoxy) is 2. The minimum absolute atomic E-state index is 0.922. The third-order valence-electron chi connectivity index (χ3n) is 2.74. The van der Waals surface area contributed by atoms with E-state index >= 15 is 0 Å². The van der Waals surface area contributed by atoms with E-state index in [0.717, 1.165) is 13.2 Å². The summed E-state index contributed by atoms with van der Waals surface area (Å²) in [5.74, 6) is 2.61. The molecule has 0 aromatic heterocycles. The fraction of sp³-hybridized carbons (Fsp3) is 1.00. The minimum Gasteiger partial charge on any atom is -0.385 e. The zero-order chi connectivity index (χ0) is 13.3. The molecule has 0 fully saturated rings. The first-order valence-corrected chi connectivity index (χ1v) is 9.63. The van der Waals surface area contributed by atoms with Crippen LogP contribution in [0.1, 0.15) is 51.4 Å². The van der Waals surface area contributed by atoms with Gasteiger partial charge in [-0.25, -0.2) is 0 Å². The van der Waals surface area contributed by atoms with Crippen molar-refractivity contribution in [3.05, 3.63) is 0 Å². The number of unbranched alkanes of at least 4 members (excludes halogenated alkanes) is 6. The lowest BCUT2D eigenvalue weighted by Gasteiger charge is -2.02. The van der Waals surface area contributed by atoms with Crippen LogP contribution in [0.5, 0.6) is 0 Å². The predicted octanol–water partition coefficient (Wildman–Crippen LogP) is 4.78. The molecule has 0 aromatic carbocycles. The first-order chi connectivity index (χ1) is 8.91. The molecule has 0 heterocycles. The van der Waals surface area contributed by atoms with Crippen LogP contribution in [0.25, 0.3) is 0 Å². The first kappa shape index (κ1) is 18.6. The summed E-state index contributed by atoms with van der Waals surface area (Å²) in [5.41, 5.74) is 0. The Hall–Kier alpha value is 0.620. The maximum absolute atomic E-state index is 5.03. The van der Waals surface area contributed by atoms with Gasteiger partial charge in [-0.2, -0.15) is 0 Å². The number of rotatable bonds is 15. The van der Waals surface area contributed by atoms with E-state index in [2.05, 4.69) is 0 Å². The highest BCUT2D eigenvalue weighted by molar-refractivity contribution is 8.76. The smallest absolute Gasteiger partial charge is 0.0462 e. The monoisotopic (exact) mass is 294 g/mol. The average Bonchev–Trinajstić information content (AvgIpc) is 2.39. The van der Waals surface area contributed by atoms with Gasteiger partial charge < -0.3 is 9.47 Å². The van der Waals surface area contributed by atoms with Crippen LogP contribution in [-0.2, 0) is 9.47 Å². The second kappa shape index (κ2) is 17.6. The highest BCUT2D eigenvalue weighted by atomic mass is 33.1. The molecule has 0 rings (SSSR count). The van der Waals surface area contributed by atoms with Crippen molar-refractivity contribution in [1.82, 2.24) is 0 Å². The van der Waals surface area contributed by atoms with Crippen LogP contribution in [0.4, 0.5) is 0 Å². The van der Waals surface area contributed by atoms with Crippen molar-refractivity contribution >= 4 is 21.6 Å². The Balaban J connectivity index is 2.86. The second-order valence-electron chi connectivity index (χ2n) is 4.46. The molecule has 4 heteroatoms. The van der Waals surface area contributed by atoms with Gasteiger partial charge in [-0.1, -0.05) is 47.3 Å². The van der Waals surface area contributed by atoms with Crippen molar-refractivity contribution in [2.75, 3.05) is 38.9 Å². The number of hydrogen-bond donors (Lipinski definition) is 0. The molecular weight excluding hydrogens is 264 g/mol. The van der Waals surface area contributed by atoms with Crippen LogP contribution >= 0.6 is 21.6 Å². The fourth-order valence-electron chi connectivity index (χ4n) is 1.64. The minimum atomic E-state index is 0.922. The molecule has 0 N–H and O–H groups in total. The van der Waals surface area contributed by atoms with Crippen molar-refractivity contribution in [3.63, 3.8) is 0 Å². The summed E-state index contributed by atoms with van der Waals surface area (Å²) < 4.78 is 10.1. The predicted molar refractivity (Wildman–Crippen MR) is 85.6 cm³/mol. The Labute approximate surface area is 121 Å². The van der Waals surface area contributed by atoms with E-state index in [4.69, 9.17) is 9.47 Å². The zero-order valence-electron chi connectivity index (χ0n) is 12.1.